The molecule has 1 aliphatic heterocycles. The average Bonchev–Trinajstić information content (AvgIpc) is 3.26. The van der Waals surface area contributed by atoms with Crippen LogP contribution in [0.25, 0.3) is 22.2 Å². The third kappa shape index (κ3) is 4.62. The maximum absolute atomic E-state index is 13.7. The molecule has 1 fully saturated rings. The van der Waals surface area contributed by atoms with Gasteiger partial charge in [0.25, 0.3) is 5.91 Å². The summed E-state index contributed by atoms with van der Waals surface area (Å²) in [6.07, 6.45) is 2.56. The molecule has 1 atom stereocenters. The first-order valence-electron chi connectivity index (χ1n) is 11.5. The van der Waals surface area contributed by atoms with Gasteiger partial charge in [-0.25, -0.2) is 4.98 Å². The van der Waals surface area contributed by atoms with Crippen LogP contribution in [-0.2, 0) is 11.3 Å². The lowest BCUT2D eigenvalue weighted by atomic mass is 9.99. The Morgan fingerprint density at radius 3 is 2.79 bits per heavy atom. The first-order chi connectivity index (χ1) is 16.6. The Hall–Kier alpha value is -3.42. The molecule has 1 unspecified atom stereocenters. The highest BCUT2D eigenvalue weighted by molar-refractivity contribution is 7.14. The number of fused-ring (bicyclic) bond motifs is 1. The van der Waals surface area contributed by atoms with E-state index in [1.807, 2.05) is 66.4 Å². The van der Waals surface area contributed by atoms with Crippen molar-refractivity contribution in [2.24, 2.45) is 0 Å². The first-order valence-corrected chi connectivity index (χ1v) is 12.3. The van der Waals surface area contributed by atoms with Crippen LogP contribution in [0.4, 0.5) is 0 Å². The number of piperidine rings is 1. The number of hydrogen-bond donors (Lipinski definition) is 1. The molecule has 0 saturated carbocycles. The van der Waals surface area contributed by atoms with E-state index in [0.29, 0.717) is 37.4 Å². The molecule has 0 spiro atoms. The Bertz CT molecular complexity index is 1330. The molecule has 7 heteroatoms. The van der Waals surface area contributed by atoms with Gasteiger partial charge in [0.05, 0.1) is 22.3 Å². The van der Waals surface area contributed by atoms with Gasteiger partial charge in [-0.1, -0.05) is 54.6 Å². The summed E-state index contributed by atoms with van der Waals surface area (Å²) in [7, 11) is 0. The number of para-hydroxylation sites is 1. The molecule has 3 heterocycles. The molecule has 0 aliphatic carbocycles. The maximum atomic E-state index is 13.7. The van der Waals surface area contributed by atoms with Crippen molar-refractivity contribution in [2.45, 2.75) is 32.4 Å². The van der Waals surface area contributed by atoms with Gasteiger partial charge in [-0.3, -0.25) is 14.6 Å². The molecule has 4 aromatic rings. The summed E-state index contributed by atoms with van der Waals surface area (Å²) in [6.45, 7) is 3.52. The molecule has 172 valence electrons. The molecule has 0 radical (unpaired) electrons. The fourth-order valence-corrected chi connectivity index (χ4v) is 5.43. The monoisotopic (exact) mass is 470 g/mol. The molecule has 1 saturated heterocycles. The zero-order valence-corrected chi connectivity index (χ0v) is 19.8. The molecule has 5 rings (SSSR count). The van der Waals surface area contributed by atoms with Gasteiger partial charge in [-0.2, -0.15) is 0 Å². The lowest BCUT2D eigenvalue weighted by molar-refractivity contribution is -0.122. The number of nitrogens with zero attached hydrogens (tertiary/aromatic N) is 3. The summed E-state index contributed by atoms with van der Waals surface area (Å²) < 4.78 is 0. The smallest absolute Gasteiger partial charge is 0.266 e. The molecule has 0 bridgehead atoms. The number of Topliss-reactive ketones (excluding diaryl/α,β-unsaturated/α-hetero) is 1. The molecule has 2 aromatic heterocycles. The standard InChI is InChI=1S/C27H26N4O2S/c1-18-30-25(20-7-3-2-4-8-20)26(34-18)27(33)31-14-12-23(32)15-22(31)17-28-16-21-10-5-9-19-11-6-13-29-24(19)21/h2-11,13,22,28H,12,14-17H2,1H3. The van der Waals surface area contributed by atoms with E-state index < -0.39 is 0 Å². The molecule has 1 aliphatic rings. The largest absolute Gasteiger partial charge is 0.333 e. The second kappa shape index (κ2) is 9.83. The summed E-state index contributed by atoms with van der Waals surface area (Å²) in [6, 6.07) is 19.7. The number of aryl methyl sites for hydroxylation is 1. The minimum Gasteiger partial charge on any atom is -0.333 e. The SMILES string of the molecule is Cc1nc(-c2ccccc2)c(C(=O)N2CCC(=O)CC2CNCc2cccc3cccnc23)s1. The number of aromatic nitrogens is 2. The number of nitrogens with one attached hydrogen (secondary N) is 1. The van der Waals surface area contributed by atoms with Gasteiger partial charge in [-0.15, -0.1) is 11.3 Å². The van der Waals surface area contributed by atoms with Crippen LogP contribution in [0, 0.1) is 6.92 Å². The van der Waals surface area contributed by atoms with Crippen LogP contribution in [0.15, 0.2) is 66.9 Å². The number of ketones is 1. The summed E-state index contributed by atoms with van der Waals surface area (Å²) in [5, 5.41) is 5.43. The second-order valence-corrected chi connectivity index (χ2v) is 9.75. The van der Waals surface area contributed by atoms with Crippen molar-refractivity contribution in [3.63, 3.8) is 0 Å². The van der Waals surface area contributed by atoms with Crippen LogP contribution in [0.3, 0.4) is 0 Å². The number of carbonyl (C=O) groups is 2. The van der Waals surface area contributed by atoms with Crippen LogP contribution in [0.2, 0.25) is 0 Å². The lowest BCUT2D eigenvalue weighted by Crippen LogP contribution is -2.50. The Labute approximate surface area is 202 Å². The highest BCUT2D eigenvalue weighted by Crippen LogP contribution is 2.30. The maximum Gasteiger partial charge on any atom is 0.266 e. The van der Waals surface area contributed by atoms with Gasteiger partial charge in [0.2, 0.25) is 0 Å². The van der Waals surface area contributed by atoms with E-state index >= 15 is 0 Å². The van der Waals surface area contributed by atoms with Crippen molar-refractivity contribution >= 4 is 33.9 Å². The molecule has 2 aromatic carbocycles. The van der Waals surface area contributed by atoms with Crippen molar-refractivity contribution in [1.29, 1.82) is 0 Å². The predicted octanol–water partition coefficient (Wildman–Crippen LogP) is 4.63. The van der Waals surface area contributed by atoms with Crippen molar-refractivity contribution < 1.29 is 9.59 Å². The summed E-state index contributed by atoms with van der Waals surface area (Å²) >= 11 is 1.42. The number of thiazole rings is 1. The Morgan fingerprint density at radius 2 is 1.94 bits per heavy atom. The van der Waals surface area contributed by atoms with E-state index in [-0.39, 0.29) is 17.7 Å². The number of benzene rings is 2. The van der Waals surface area contributed by atoms with Gasteiger partial charge < -0.3 is 10.2 Å². The number of hydrogen-bond acceptors (Lipinski definition) is 6. The fraction of sp³-hybridized carbons (Fsp3) is 0.259. The van der Waals surface area contributed by atoms with Gasteiger partial charge in [0, 0.05) is 49.6 Å². The average molecular weight is 471 g/mol. The summed E-state index contributed by atoms with van der Waals surface area (Å²) in [5.74, 6) is 0.155. The second-order valence-electron chi connectivity index (χ2n) is 8.54. The number of rotatable bonds is 6. The minimum absolute atomic E-state index is 0.0458. The quantitative estimate of drug-likeness (QED) is 0.445. The fourth-order valence-electron chi connectivity index (χ4n) is 4.53. The summed E-state index contributed by atoms with van der Waals surface area (Å²) in [5.41, 5.74) is 3.72. The van der Waals surface area contributed by atoms with E-state index in [1.54, 1.807) is 6.20 Å². The minimum atomic E-state index is -0.192. The van der Waals surface area contributed by atoms with Crippen molar-refractivity contribution in [3.05, 3.63) is 82.3 Å². The third-order valence-electron chi connectivity index (χ3n) is 6.18. The first kappa shape index (κ1) is 22.4. The Kier molecular flexibility index (Phi) is 6.47. The number of pyridine rings is 1. The molecule has 1 amide bonds. The van der Waals surface area contributed by atoms with E-state index in [2.05, 4.69) is 21.4 Å². The zero-order valence-electron chi connectivity index (χ0n) is 19.0. The van der Waals surface area contributed by atoms with E-state index in [1.165, 1.54) is 11.3 Å². The van der Waals surface area contributed by atoms with Crippen LogP contribution in [0.1, 0.15) is 33.1 Å². The highest BCUT2D eigenvalue weighted by Gasteiger charge is 2.33. The molecule has 1 N–H and O–H groups in total. The number of likely N-dealkylation sites (tertiary alicyclic amines) is 1. The summed E-state index contributed by atoms with van der Waals surface area (Å²) in [4.78, 5) is 37.6. The Balaban J connectivity index is 1.34. The zero-order chi connectivity index (χ0) is 23.5. The van der Waals surface area contributed by atoms with Crippen molar-refractivity contribution in [2.75, 3.05) is 13.1 Å². The van der Waals surface area contributed by atoms with Crippen LogP contribution in [0.5, 0.6) is 0 Å². The van der Waals surface area contributed by atoms with Gasteiger partial charge >= 0.3 is 0 Å². The number of amides is 1. The van der Waals surface area contributed by atoms with E-state index in [0.717, 1.165) is 32.7 Å². The number of carbonyl (C=O) groups excluding carboxylic acids is 2. The van der Waals surface area contributed by atoms with Crippen LogP contribution in [-0.4, -0.2) is 45.7 Å². The lowest BCUT2D eigenvalue weighted by Gasteiger charge is -2.35. The Morgan fingerprint density at radius 1 is 1.12 bits per heavy atom. The van der Waals surface area contributed by atoms with Crippen LogP contribution >= 0.6 is 11.3 Å². The van der Waals surface area contributed by atoms with Crippen LogP contribution < -0.4 is 5.32 Å². The van der Waals surface area contributed by atoms with Crippen molar-refractivity contribution in [3.8, 4) is 11.3 Å². The normalized spacial score (nSPS) is 16.2. The molecule has 34 heavy (non-hydrogen) atoms. The van der Waals surface area contributed by atoms with Gasteiger partial charge in [-0.05, 0) is 18.6 Å². The topological polar surface area (TPSA) is 75.2 Å². The van der Waals surface area contributed by atoms with Gasteiger partial charge in [0.15, 0.2) is 0 Å². The van der Waals surface area contributed by atoms with E-state index in [9.17, 15) is 9.59 Å². The van der Waals surface area contributed by atoms with Crippen molar-refractivity contribution in [1.82, 2.24) is 20.2 Å². The van der Waals surface area contributed by atoms with Gasteiger partial charge in [0.1, 0.15) is 10.7 Å². The molecular formula is C27H26N4O2S. The predicted molar refractivity (Wildman–Crippen MR) is 135 cm³/mol. The molecular weight excluding hydrogens is 444 g/mol. The third-order valence-corrected chi connectivity index (χ3v) is 7.14. The highest BCUT2D eigenvalue weighted by atomic mass is 32.1. The van der Waals surface area contributed by atoms with E-state index in [4.69, 9.17) is 0 Å². The molecule has 6 nitrogen and oxygen atoms in total.